The molecule has 0 saturated carbocycles. The number of amides is 2. The molecular formula is C17H21N3O2. The standard InChI is InChI=1S/C17H21N3O2/c1-12(2)15-8-4-5-9-16(15)22-13(3)19-17(21)20-14-7-6-10-18-11-14/h4-13H,1-3H3,(H2,19,20,21). The molecule has 0 aliphatic carbocycles. The first-order valence-corrected chi connectivity index (χ1v) is 7.29. The minimum absolute atomic E-state index is 0.331. The summed E-state index contributed by atoms with van der Waals surface area (Å²) < 4.78 is 5.83. The van der Waals surface area contributed by atoms with Gasteiger partial charge in [0, 0.05) is 6.20 Å². The van der Waals surface area contributed by atoms with Crippen molar-refractivity contribution in [3.05, 3.63) is 54.4 Å². The van der Waals surface area contributed by atoms with E-state index in [4.69, 9.17) is 4.74 Å². The molecule has 1 atom stereocenters. The third kappa shape index (κ3) is 4.48. The van der Waals surface area contributed by atoms with Crippen LogP contribution in [0.1, 0.15) is 32.3 Å². The van der Waals surface area contributed by atoms with Crippen LogP contribution in [0.4, 0.5) is 10.5 Å². The van der Waals surface area contributed by atoms with E-state index in [0.29, 0.717) is 11.6 Å². The van der Waals surface area contributed by atoms with E-state index in [9.17, 15) is 4.79 Å². The SMILES string of the molecule is CC(NC(=O)Nc1cccnc1)Oc1ccccc1C(C)C. The normalized spacial score (nSPS) is 11.8. The molecule has 2 amide bonds. The number of para-hydroxylation sites is 1. The molecule has 5 heteroatoms. The largest absolute Gasteiger partial charge is 0.471 e. The maximum absolute atomic E-state index is 11.9. The van der Waals surface area contributed by atoms with Gasteiger partial charge in [-0.05, 0) is 36.6 Å². The first-order valence-electron chi connectivity index (χ1n) is 7.29. The summed E-state index contributed by atoms with van der Waals surface area (Å²) >= 11 is 0. The number of rotatable bonds is 5. The summed E-state index contributed by atoms with van der Waals surface area (Å²) in [5.41, 5.74) is 1.75. The van der Waals surface area contributed by atoms with Crippen LogP contribution >= 0.6 is 0 Å². The monoisotopic (exact) mass is 299 g/mol. The molecule has 0 aliphatic rings. The van der Waals surface area contributed by atoms with Crippen LogP contribution in [-0.4, -0.2) is 17.2 Å². The van der Waals surface area contributed by atoms with Gasteiger partial charge in [0.1, 0.15) is 5.75 Å². The van der Waals surface area contributed by atoms with Crippen LogP contribution in [0.2, 0.25) is 0 Å². The lowest BCUT2D eigenvalue weighted by Gasteiger charge is -2.20. The zero-order valence-corrected chi connectivity index (χ0v) is 13.0. The van der Waals surface area contributed by atoms with E-state index in [2.05, 4.69) is 29.5 Å². The molecule has 1 heterocycles. The van der Waals surface area contributed by atoms with Crippen LogP contribution in [0.15, 0.2) is 48.8 Å². The molecule has 116 valence electrons. The Kier molecular flexibility index (Phi) is 5.36. The first kappa shape index (κ1) is 15.8. The number of aromatic nitrogens is 1. The fourth-order valence-corrected chi connectivity index (χ4v) is 2.07. The number of nitrogens with zero attached hydrogens (tertiary/aromatic N) is 1. The second kappa shape index (κ2) is 7.45. The maximum Gasteiger partial charge on any atom is 0.322 e. The Bertz CT molecular complexity index is 614. The van der Waals surface area contributed by atoms with Gasteiger partial charge in [-0.3, -0.25) is 4.98 Å². The third-order valence-corrected chi connectivity index (χ3v) is 3.10. The first-order chi connectivity index (χ1) is 10.6. The lowest BCUT2D eigenvalue weighted by molar-refractivity contribution is 0.181. The van der Waals surface area contributed by atoms with Gasteiger partial charge in [-0.25, -0.2) is 4.79 Å². The van der Waals surface area contributed by atoms with E-state index < -0.39 is 6.23 Å². The summed E-state index contributed by atoms with van der Waals surface area (Å²) in [5, 5.41) is 5.45. The molecule has 0 aliphatic heterocycles. The van der Waals surface area contributed by atoms with Gasteiger partial charge in [-0.2, -0.15) is 0 Å². The molecule has 0 saturated heterocycles. The van der Waals surface area contributed by atoms with E-state index in [1.165, 1.54) is 0 Å². The molecular weight excluding hydrogens is 278 g/mol. The highest BCUT2D eigenvalue weighted by atomic mass is 16.5. The number of hydrogen-bond acceptors (Lipinski definition) is 3. The Morgan fingerprint density at radius 1 is 1.14 bits per heavy atom. The highest BCUT2D eigenvalue weighted by molar-refractivity contribution is 5.89. The lowest BCUT2D eigenvalue weighted by Crippen LogP contribution is -2.39. The van der Waals surface area contributed by atoms with Crippen molar-refractivity contribution < 1.29 is 9.53 Å². The average Bonchev–Trinajstić information content (AvgIpc) is 2.48. The van der Waals surface area contributed by atoms with E-state index in [0.717, 1.165) is 11.3 Å². The minimum Gasteiger partial charge on any atom is -0.471 e. The van der Waals surface area contributed by atoms with Crippen LogP contribution in [0.3, 0.4) is 0 Å². The Labute approximate surface area is 130 Å². The van der Waals surface area contributed by atoms with Crippen molar-refractivity contribution in [3.63, 3.8) is 0 Å². The number of pyridine rings is 1. The summed E-state index contributed by atoms with van der Waals surface area (Å²) in [6.45, 7) is 6.00. The molecule has 2 N–H and O–H groups in total. The van der Waals surface area contributed by atoms with Gasteiger partial charge < -0.3 is 15.4 Å². The molecule has 0 bridgehead atoms. The number of anilines is 1. The fraction of sp³-hybridized carbons (Fsp3) is 0.294. The Balaban J connectivity index is 1.93. The molecule has 0 spiro atoms. The van der Waals surface area contributed by atoms with Crippen molar-refractivity contribution >= 4 is 11.7 Å². The summed E-state index contributed by atoms with van der Waals surface area (Å²) in [6, 6.07) is 11.0. The molecule has 1 aromatic carbocycles. The second-order valence-corrected chi connectivity index (χ2v) is 5.29. The van der Waals surface area contributed by atoms with E-state index in [1.54, 1.807) is 31.5 Å². The molecule has 0 fully saturated rings. The summed E-state index contributed by atoms with van der Waals surface area (Å²) in [6.07, 6.45) is 2.79. The molecule has 2 aromatic rings. The number of benzene rings is 1. The summed E-state index contributed by atoms with van der Waals surface area (Å²) in [5.74, 6) is 1.14. The van der Waals surface area contributed by atoms with Crippen molar-refractivity contribution in [1.29, 1.82) is 0 Å². The Morgan fingerprint density at radius 3 is 2.59 bits per heavy atom. The molecule has 1 aromatic heterocycles. The van der Waals surface area contributed by atoms with Crippen molar-refractivity contribution in [2.45, 2.75) is 32.9 Å². The zero-order chi connectivity index (χ0) is 15.9. The van der Waals surface area contributed by atoms with Crippen LogP contribution in [0.25, 0.3) is 0 Å². The predicted octanol–water partition coefficient (Wildman–Crippen LogP) is 3.75. The summed E-state index contributed by atoms with van der Waals surface area (Å²) in [7, 11) is 0. The topological polar surface area (TPSA) is 63.2 Å². The van der Waals surface area contributed by atoms with Gasteiger partial charge in [0.2, 0.25) is 0 Å². The fourth-order valence-electron chi connectivity index (χ4n) is 2.07. The minimum atomic E-state index is -0.448. The number of ether oxygens (including phenoxy) is 1. The number of carbonyl (C=O) groups is 1. The Morgan fingerprint density at radius 2 is 1.91 bits per heavy atom. The van der Waals surface area contributed by atoms with Crippen molar-refractivity contribution in [2.75, 3.05) is 5.32 Å². The highest BCUT2D eigenvalue weighted by Gasteiger charge is 2.12. The number of nitrogens with one attached hydrogen (secondary N) is 2. The van der Waals surface area contributed by atoms with Crippen molar-refractivity contribution in [2.24, 2.45) is 0 Å². The van der Waals surface area contributed by atoms with E-state index in [1.807, 2.05) is 24.3 Å². The lowest BCUT2D eigenvalue weighted by atomic mass is 10.0. The van der Waals surface area contributed by atoms with Crippen LogP contribution in [-0.2, 0) is 0 Å². The second-order valence-electron chi connectivity index (χ2n) is 5.29. The molecule has 0 radical (unpaired) electrons. The van der Waals surface area contributed by atoms with Gasteiger partial charge in [0.15, 0.2) is 6.23 Å². The van der Waals surface area contributed by atoms with Gasteiger partial charge in [-0.15, -0.1) is 0 Å². The predicted molar refractivity (Wildman–Crippen MR) is 87.0 cm³/mol. The average molecular weight is 299 g/mol. The Hall–Kier alpha value is -2.56. The molecule has 1 unspecified atom stereocenters. The summed E-state index contributed by atoms with van der Waals surface area (Å²) in [4.78, 5) is 15.8. The van der Waals surface area contributed by atoms with Gasteiger partial charge in [0.05, 0.1) is 11.9 Å². The quantitative estimate of drug-likeness (QED) is 0.826. The van der Waals surface area contributed by atoms with Gasteiger partial charge >= 0.3 is 6.03 Å². The maximum atomic E-state index is 11.9. The molecule has 22 heavy (non-hydrogen) atoms. The third-order valence-electron chi connectivity index (χ3n) is 3.10. The number of carbonyl (C=O) groups excluding carboxylic acids is 1. The molecule has 5 nitrogen and oxygen atoms in total. The van der Waals surface area contributed by atoms with Gasteiger partial charge in [0.25, 0.3) is 0 Å². The van der Waals surface area contributed by atoms with Crippen LogP contribution in [0.5, 0.6) is 5.75 Å². The van der Waals surface area contributed by atoms with Crippen LogP contribution in [0, 0.1) is 0 Å². The van der Waals surface area contributed by atoms with E-state index in [-0.39, 0.29) is 6.03 Å². The highest BCUT2D eigenvalue weighted by Crippen LogP contribution is 2.26. The van der Waals surface area contributed by atoms with Crippen molar-refractivity contribution in [3.8, 4) is 5.75 Å². The number of urea groups is 1. The number of hydrogen-bond donors (Lipinski definition) is 2. The van der Waals surface area contributed by atoms with Crippen LogP contribution < -0.4 is 15.4 Å². The zero-order valence-electron chi connectivity index (χ0n) is 13.0. The van der Waals surface area contributed by atoms with Crippen molar-refractivity contribution in [1.82, 2.24) is 10.3 Å². The molecule has 2 rings (SSSR count). The van der Waals surface area contributed by atoms with Gasteiger partial charge in [-0.1, -0.05) is 32.0 Å². The van der Waals surface area contributed by atoms with E-state index >= 15 is 0 Å². The smallest absolute Gasteiger partial charge is 0.322 e.